The molecule has 0 aromatic heterocycles. The molecule has 0 unspecified atom stereocenters. The van der Waals surface area contributed by atoms with Gasteiger partial charge in [-0.25, -0.2) is 0 Å². The minimum Gasteiger partial charge on any atom is -0.368 e. The number of primary amides is 1. The van der Waals surface area contributed by atoms with Gasteiger partial charge in [-0.3, -0.25) is 14.4 Å². The van der Waals surface area contributed by atoms with Gasteiger partial charge in [-0.05, 0) is 47.4 Å². The number of hydrogen-bond acceptors (Lipinski definition) is 4. The van der Waals surface area contributed by atoms with Crippen LogP contribution in [0.2, 0.25) is 5.02 Å². The molecule has 1 aliphatic heterocycles. The zero-order valence-corrected chi connectivity index (χ0v) is 20.3. The molecule has 3 aromatic carbocycles. The highest BCUT2D eigenvalue weighted by molar-refractivity contribution is 6.30. The number of nitrogens with two attached hydrogens (primary N) is 2. The van der Waals surface area contributed by atoms with Crippen molar-refractivity contribution in [2.75, 3.05) is 13.1 Å². The molecular formula is C27H29ClN4O3. The first-order chi connectivity index (χ1) is 16.8. The fraction of sp³-hybridized carbons (Fsp3) is 0.296. The smallest absolute Gasteiger partial charge is 0.250 e. The quantitative estimate of drug-likeness (QED) is 0.551. The molecule has 0 aliphatic carbocycles. The van der Waals surface area contributed by atoms with Gasteiger partial charge in [0.1, 0.15) is 12.1 Å². The first kappa shape index (κ1) is 24.7. The normalized spacial score (nSPS) is 19.5. The molecule has 0 spiro atoms. The number of rotatable bonds is 6. The van der Waals surface area contributed by atoms with E-state index in [2.05, 4.69) is 0 Å². The van der Waals surface area contributed by atoms with Gasteiger partial charge in [-0.2, -0.15) is 0 Å². The zero-order chi connectivity index (χ0) is 25.1. The maximum Gasteiger partial charge on any atom is 0.250 e. The molecule has 3 atom stereocenters. The predicted octanol–water partition coefficient (Wildman–Crippen LogP) is 3.04. The first-order valence-electron chi connectivity index (χ1n) is 11.6. The number of fused-ring (bicyclic) bond motifs is 1. The molecule has 1 aliphatic rings. The Morgan fingerprint density at radius 1 is 1.09 bits per heavy atom. The highest BCUT2D eigenvalue weighted by Gasteiger charge is 2.42. The van der Waals surface area contributed by atoms with Crippen LogP contribution in [0, 0.1) is 0 Å². The Labute approximate surface area is 209 Å². The number of halogens is 1. The van der Waals surface area contributed by atoms with E-state index in [0.29, 0.717) is 17.0 Å². The number of carbonyl (C=O) groups is 3. The van der Waals surface area contributed by atoms with Crippen LogP contribution in [0.1, 0.15) is 30.5 Å². The summed E-state index contributed by atoms with van der Waals surface area (Å²) in [5.41, 5.74) is 13.1. The lowest BCUT2D eigenvalue weighted by Gasteiger charge is -2.35. The van der Waals surface area contributed by atoms with Crippen molar-refractivity contribution in [3.05, 3.63) is 82.9 Å². The van der Waals surface area contributed by atoms with Gasteiger partial charge in [-0.15, -0.1) is 0 Å². The summed E-state index contributed by atoms with van der Waals surface area (Å²) in [7, 11) is 0. The standard InChI is InChI=1S/C27H29ClN4O3/c1-17-12-13-31(23(26(30)34)15-19-8-4-7-18-6-2-3-11-22(18)19)27(35)25(32(17)24(33)16-29)20-9-5-10-21(28)14-20/h2-11,14,17,23,25H,12-13,15-16,29H2,1H3,(H2,30,34)/t17-,23-,25+/m1/s1. The van der Waals surface area contributed by atoms with Crippen molar-refractivity contribution >= 4 is 40.1 Å². The van der Waals surface area contributed by atoms with E-state index in [4.69, 9.17) is 23.1 Å². The van der Waals surface area contributed by atoms with Crippen molar-refractivity contribution in [1.29, 1.82) is 0 Å². The van der Waals surface area contributed by atoms with E-state index in [9.17, 15) is 14.4 Å². The third kappa shape index (κ3) is 5.01. The summed E-state index contributed by atoms with van der Waals surface area (Å²) in [6, 6.07) is 18.5. The lowest BCUT2D eigenvalue weighted by molar-refractivity contribution is -0.148. The summed E-state index contributed by atoms with van der Waals surface area (Å²) in [6.45, 7) is 1.93. The van der Waals surface area contributed by atoms with E-state index in [1.807, 2.05) is 49.4 Å². The lowest BCUT2D eigenvalue weighted by Crippen LogP contribution is -2.52. The van der Waals surface area contributed by atoms with E-state index >= 15 is 0 Å². The second-order valence-electron chi connectivity index (χ2n) is 8.89. The number of benzene rings is 3. The zero-order valence-electron chi connectivity index (χ0n) is 19.6. The molecule has 0 radical (unpaired) electrons. The molecule has 0 bridgehead atoms. The van der Waals surface area contributed by atoms with Gasteiger partial charge in [-0.1, -0.05) is 66.2 Å². The third-order valence-electron chi connectivity index (χ3n) is 6.68. The molecule has 3 aromatic rings. The van der Waals surface area contributed by atoms with Crippen LogP contribution in [0.4, 0.5) is 0 Å². The summed E-state index contributed by atoms with van der Waals surface area (Å²) in [5, 5.41) is 2.49. The second-order valence-corrected chi connectivity index (χ2v) is 9.33. The molecule has 8 heteroatoms. The fourth-order valence-electron chi connectivity index (χ4n) is 4.93. The molecular weight excluding hydrogens is 464 g/mol. The Morgan fingerprint density at radius 2 is 1.80 bits per heavy atom. The Hall–Kier alpha value is -3.42. The summed E-state index contributed by atoms with van der Waals surface area (Å²) >= 11 is 6.24. The Balaban J connectivity index is 1.77. The molecule has 4 rings (SSSR count). The molecule has 182 valence electrons. The number of carbonyl (C=O) groups excluding carboxylic acids is 3. The van der Waals surface area contributed by atoms with E-state index in [1.165, 1.54) is 9.80 Å². The van der Waals surface area contributed by atoms with Crippen LogP contribution in [-0.4, -0.2) is 52.7 Å². The van der Waals surface area contributed by atoms with Gasteiger partial charge < -0.3 is 21.3 Å². The maximum atomic E-state index is 14.1. The molecule has 4 N–H and O–H groups in total. The first-order valence-corrected chi connectivity index (χ1v) is 12.0. The monoisotopic (exact) mass is 492 g/mol. The molecule has 3 amide bonds. The van der Waals surface area contributed by atoms with Gasteiger partial charge in [0.15, 0.2) is 0 Å². The Bertz CT molecular complexity index is 1260. The SMILES string of the molecule is C[C@@H]1CCN([C@H](Cc2cccc3ccccc23)C(N)=O)C(=O)[C@H](c2cccc(Cl)c2)N1C(=O)CN. The molecule has 1 fully saturated rings. The Morgan fingerprint density at radius 3 is 2.51 bits per heavy atom. The average Bonchev–Trinajstić information content (AvgIpc) is 2.97. The van der Waals surface area contributed by atoms with Crippen molar-refractivity contribution < 1.29 is 14.4 Å². The van der Waals surface area contributed by atoms with E-state index in [-0.39, 0.29) is 37.4 Å². The van der Waals surface area contributed by atoms with Crippen molar-refractivity contribution in [2.45, 2.75) is 37.9 Å². The minimum atomic E-state index is -0.961. The second kappa shape index (κ2) is 10.5. The van der Waals surface area contributed by atoms with Crippen LogP contribution in [0.15, 0.2) is 66.7 Å². The van der Waals surface area contributed by atoms with Crippen LogP contribution in [-0.2, 0) is 20.8 Å². The van der Waals surface area contributed by atoms with E-state index in [0.717, 1.165) is 16.3 Å². The van der Waals surface area contributed by atoms with Gasteiger partial charge in [0, 0.05) is 24.0 Å². The van der Waals surface area contributed by atoms with Gasteiger partial charge >= 0.3 is 0 Å². The average molecular weight is 493 g/mol. The van der Waals surface area contributed by atoms with Crippen LogP contribution < -0.4 is 11.5 Å². The summed E-state index contributed by atoms with van der Waals surface area (Å²) in [4.78, 5) is 42.8. The van der Waals surface area contributed by atoms with Crippen LogP contribution in [0.5, 0.6) is 0 Å². The summed E-state index contributed by atoms with van der Waals surface area (Å²) < 4.78 is 0. The molecule has 0 saturated carbocycles. The minimum absolute atomic E-state index is 0.232. The van der Waals surface area contributed by atoms with Crippen molar-refractivity contribution in [3.8, 4) is 0 Å². The maximum absolute atomic E-state index is 14.1. The number of amides is 3. The topological polar surface area (TPSA) is 110 Å². The molecule has 7 nitrogen and oxygen atoms in total. The fourth-order valence-corrected chi connectivity index (χ4v) is 5.13. The van der Waals surface area contributed by atoms with Crippen molar-refractivity contribution in [1.82, 2.24) is 9.80 Å². The van der Waals surface area contributed by atoms with Crippen LogP contribution in [0.25, 0.3) is 10.8 Å². The highest BCUT2D eigenvalue weighted by atomic mass is 35.5. The molecule has 1 saturated heterocycles. The van der Waals surface area contributed by atoms with Gasteiger partial charge in [0.25, 0.3) is 5.91 Å². The largest absolute Gasteiger partial charge is 0.368 e. The highest BCUT2D eigenvalue weighted by Crippen LogP contribution is 2.33. The number of hydrogen-bond donors (Lipinski definition) is 2. The third-order valence-corrected chi connectivity index (χ3v) is 6.92. The van der Waals surface area contributed by atoms with Crippen LogP contribution >= 0.6 is 11.6 Å². The van der Waals surface area contributed by atoms with Crippen molar-refractivity contribution in [3.63, 3.8) is 0 Å². The van der Waals surface area contributed by atoms with E-state index < -0.39 is 18.0 Å². The lowest BCUT2D eigenvalue weighted by atomic mass is 9.96. The molecule has 1 heterocycles. The summed E-state index contributed by atoms with van der Waals surface area (Å²) in [6.07, 6.45) is 0.748. The Kier molecular flexibility index (Phi) is 7.38. The van der Waals surface area contributed by atoms with Crippen LogP contribution in [0.3, 0.4) is 0 Å². The van der Waals surface area contributed by atoms with Gasteiger partial charge in [0.2, 0.25) is 11.8 Å². The van der Waals surface area contributed by atoms with Crippen molar-refractivity contribution in [2.24, 2.45) is 11.5 Å². The van der Waals surface area contributed by atoms with E-state index in [1.54, 1.807) is 24.3 Å². The predicted molar refractivity (Wildman–Crippen MR) is 137 cm³/mol. The summed E-state index contributed by atoms with van der Waals surface area (Å²) in [5.74, 6) is -1.31. The van der Waals surface area contributed by atoms with Gasteiger partial charge in [0.05, 0.1) is 6.54 Å². The number of nitrogens with zero attached hydrogens (tertiary/aromatic N) is 2. The molecule has 35 heavy (non-hydrogen) atoms.